The third kappa shape index (κ3) is 5.89. The molecule has 0 aliphatic carbocycles. The van der Waals surface area contributed by atoms with Gasteiger partial charge in [0.05, 0.1) is 10.6 Å². The molecule has 0 bridgehead atoms. The Hall–Kier alpha value is -4.72. The molecule has 14 heteroatoms. The lowest BCUT2D eigenvalue weighted by Crippen LogP contribution is -2.72. The van der Waals surface area contributed by atoms with Gasteiger partial charge in [-0.15, -0.1) is 0 Å². The fraction of sp³-hybridized carbons (Fsp3) is 0.323. The van der Waals surface area contributed by atoms with Crippen LogP contribution in [0.3, 0.4) is 0 Å². The number of halogens is 2. The molecule has 2 amide bonds. The number of amides is 2. The van der Waals surface area contributed by atoms with Gasteiger partial charge in [0.1, 0.15) is 28.9 Å². The summed E-state index contributed by atoms with van der Waals surface area (Å²) in [7, 11) is 3.26. The summed E-state index contributed by atoms with van der Waals surface area (Å²) in [5.74, 6) is -3.05. The first-order valence-electron chi connectivity index (χ1n) is 14.1. The average Bonchev–Trinajstić information content (AvgIpc) is 3.01. The number of carbonyl (C=O) groups is 2. The minimum absolute atomic E-state index is 0.0476. The largest absolute Gasteiger partial charge is 0.502 e. The second kappa shape index (κ2) is 12.3. The summed E-state index contributed by atoms with van der Waals surface area (Å²) < 4.78 is 34.3. The van der Waals surface area contributed by atoms with Gasteiger partial charge in [-0.25, -0.2) is 13.6 Å². The number of nitrogens with one attached hydrogen (secondary N) is 2. The molecule has 3 heterocycles. The van der Waals surface area contributed by atoms with Crippen LogP contribution in [0.4, 0.5) is 13.6 Å². The molecule has 5 rings (SSSR count). The Morgan fingerprint density at radius 2 is 1.84 bits per heavy atom. The van der Waals surface area contributed by atoms with Gasteiger partial charge in [-0.1, -0.05) is 48.2 Å². The predicted octanol–water partition coefficient (Wildman–Crippen LogP) is 4.28. The SMILES string of the molecule is C[C@@H]1CC2(CCN1C(=O)OCc1ccccc1)N(C)C(=O)c1c(O)c(=O)c(C(=N)SC(=N)Cc3ccc(F)cc3F)cn1N2C. The van der Waals surface area contributed by atoms with E-state index in [2.05, 4.69) is 0 Å². The van der Waals surface area contributed by atoms with E-state index in [1.165, 1.54) is 21.8 Å². The van der Waals surface area contributed by atoms with Crippen LogP contribution in [0, 0.1) is 22.5 Å². The molecule has 1 saturated heterocycles. The number of aromatic hydroxyl groups is 1. The second-order valence-electron chi connectivity index (χ2n) is 11.1. The van der Waals surface area contributed by atoms with Gasteiger partial charge in [0, 0.05) is 58.2 Å². The van der Waals surface area contributed by atoms with E-state index >= 15 is 0 Å². The molecule has 0 radical (unpaired) electrons. The predicted molar refractivity (Wildman–Crippen MR) is 166 cm³/mol. The Labute approximate surface area is 262 Å². The summed E-state index contributed by atoms with van der Waals surface area (Å²) in [5.41, 5.74) is -1.56. The Morgan fingerprint density at radius 3 is 2.51 bits per heavy atom. The topological polar surface area (TPSA) is 143 Å². The zero-order valence-corrected chi connectivity index (χ0v) is 25.7. The van der Waals surface area contributed by atoms with Gasteiger partial charge in [0.2, 0.25) is 5.43 Å². The van der Waals surface area contributed by atoms with Gasteiger partial charge in [-0.2, -0.15) is 0 Å². The molecule has 1 unspecified atom stereocenters. The van der Waals surface area contributed by atoms with Crippen LogP contribution >= 0.6 is 11.8 Å². The highest BCUT2D eigenvalue weighted by molar-refractivity contribution is 8.26. The van der Waals surface area contributed by atoms with E-state index in [4.69, 9.17) is 15.6 Å². The van der Waals surface area contributed by atoms with E-state index in [1.54, 1.807) is 24.0 Å². The molecule has 236 valence electrons. The number of aromatic nitrogens is 1. The van der Waals surface area contributed by atoms with Crippen molar-refractivity contribution < 1.29 is 28.2 Å². The van der Waals surface area contributed by atoms with Gasteiger partial charge in [-0.05, 0) is 24.1 Å². The van der Waals surface area contributed by atoms with Crippen molar-refractivity contribution in [3.8, 4) is 5.75 Å². The summed E-state index contributed by atoms with van der Waals surface area (Å²) in [6.07, 6.45) is 1.18. The summed E-state index contributed by atoms with van der Waals surface area (Å²) in [4.78, 5) is 42.8. The molecule has 2 aromatic carbocycles. The highest BCUT2D eigenvalue weighted by Gasteiger charge is 2.52. The van der Waals surface area contributed by atoms with Gasteiger partial charge < -0.3 is 19.6 Å². The zero-order valence-electron chi connectivity index (χ0n) is 24.8. The lowest BCUT2D eigenvalue weighted by atomic mass is 9.88. The number of nitrogens with zero attached hydrogens (tertiary/aromatic N) is 4. The molecular formula is C31H32F2N6O5S. The maximum absolute atomic E-state index is 14.1. The number of rotatable bonds is 5. The maximum atomic E-state index is 14.1. The molecule has 11 nitrogen and oxygen atoms in total. The molecular weight excluding hydrogens is 606 g/mol. The van der Waals surface area contributed by atoms with Gasteiger partial charge in [0.25, 0.3) is 5.91 Å². The van der Waals surface area contributed by atoms with Crippen molar-refractivity contribution in [1.29, 1.82) is 10.8 Å². The van der Waals surface area contributed by atoms with Crippen LogP contribution in [0.25, 0.3) is 0 Å². The van der Waals surface area contributed by atoms with Crippen LogP contribution in [0.2, 0.25) is 0 Å². The second-order valence-corrected chi connectivity index (χ2v) is 12.2. The number of hydrogen-bond donors (Lipinski definition) is 3. The fourth-order valence-corrected chi connectivity index (χ4v) is 6.61. The van der Waals surface area contributed by atoms with Crippen molar-refractivity contribution in [1.82, 2.24) is 14.5 Å². The summed E-state index contributed by atoms with van der Waals surface area (Å²) >= 11 is 0.580. The number of ether oxygens (including phenoxy) is 1. The lowest BCUT2D eigenvalue weighted by Gasteiger charge is -2.57. The van der Waals surface area contributed by atoms with Crippen LogP contribution in [-0.4, -0.2) is 74.0 Å². The van der Waals surface area contributed by atoms with Crippen molar-refractivity contribution >= 4 is 33.8 Å². The molecule has 3 aromatic rings. The molecule has 2 atom stereocenters. The minimum Gasteiger partial charge on any atom is -0.502 e. The number of piperidine rings is 1. The smallest absolute Gasteiger partial charge is 0.410 e. The molecule has 0 saturated carbocycles. The van der Waals surface area contributed by atoms with Crippen molar-refractivity contribution in [3.05, 3.63) is 99.0 Å². The Balaban J connectivity index is 1.36. The van der Waals surface area contributed by atoms with Crippen LogP contribution in [0.1, 0.15) is 46.9 Å². The van der Waals surface area contributed by atoms with Crippen molar-refractivity contribution in [2.24, 2.45) is 0 Å². The van der Waals surface area contributed by atoms with E-state index < -0.39 is 45.5 Å². The van der Waals surface area contributed by atoms with Crippen molar-refractivity contribution in [3.63, 3.8) is 0 Å². The zero-order chi connectivity index (χ0) is 32.6. The average molecular weight is 639 g/mol. The molecule has 2 aliphatic rings. The number of pyridine rings is 1. The number of carbonyl (C=O) groups excluding carboxylic acids is 2. The van der Waals surface area contributed by atoms with Gasteiger partial charge in [-0.3, -0.25) is 30.1 Å². The first kappa shape index (κ1) is 31.7. The Bertz CT molecular complexity index is 1750. The number of thioether (sulfide) groups is 1. The van der Waals surface area contributed by atoms with Crippen LogP contribution < -0.4 is 10.4 Å². The van der Waals surface area contributed by atoms with E-state index in [1.807, 2.05) is 37.3 Å². The molecule has 1 aromatic heterocycles. The third-order valence-corrected chi connectivity index (χ3v) is 9.22. The maximum Gasteiger partial charge on any atom is 0.410 e. The molecule has 1 fully saturated rings. The van der Waals surface area contributed by atoms with Crippen LogP contribution in [-0.2, 0) is 17.8 Å². The van der Waals surface area contributed by atoms with E-state index in [-0.39, 0.29) is 47.5 Å². The quantitative estimate of drug-likeness (QED) is 0.280. The summed E-state index contributed by atoms with van der Waals surface area (Å²) in [6.45, 7) is 2.23. The highest BCUT2D eigenvalue weighted by Crippen LogP contribution is 2.39. The first-order valence-corrected chi connectivity index (χ1v) is 14.9. The van der Waals surface area contributed by atoms with Crippen LogP contribution in [0.15, 0.2) is 59.5 Å². The first-order chi connectivity index (χ1) is 21.3. The number of fused-ring (bicyclic) bond motifs is 1. The van der Waals surface area contributed by atoms with Gasteiger partial charge in [0.15, 0.2) is 11.4 Å². The monoisotopic (exact) mass is 638 g/mol. The number of benzene rings is 2. The van der Waals surface area contributed by atoms with Crippen LogP contribution in [0.5, 0.6) is 5.75 Å². The van der Waals surface area contributed by atoms with E-state index in [0.717, 1.165) is 11.6 Å². The lowest BCUT2D eigenvalue weighted by molar-refractivity contribution is -0.00942. The molecule has 2 aliphatic heterocycles. The van der Waals surface area contributed by atoms with E-state index in [0.29, 0.717) is 30.7 Å². The molecule has 1 spiro atoms. The van der Waals surface area contributed by atoms with Crippen molar-refractivity contribution in [2.45, 2.75) is 44.5 Å². The van der Waals surface area contributed by atoms with Crippen molar-refractivity contribution in [2.75, 3.05) is 25.6 Å². The van der Waals surface area contributed by atoms with E-state index in [9.17, 15) is 28.3 Å². The Morgan fingerprint density at radius 1 is 1.13 bits per heavy atom. The summed E-state index contributed by atoms with van der Waals surface area (Å²) in [5, 5.41) is 28.8. The Kier molecular flexibility index (Phi) is 8.70. The number of hydrogen-bond acceptors (Lipinski definition) is 9. The standard InChI is InChI=1S/C31H32F2N6O5S/c1-18-15-31(11-12-38(18)30(43)44-17-19-7-5-4-6-8-19)36(2)29(42)25-27(41)26(40)22(16-39(25)37(31)3)28(35)45-24(34)13-20-9-10-21(32)14-23(20)33/h4-10,14,16,18,34-35,41H,11-13,15,17H2,1-3H3/t18-,31?/m1/s1. The molecule has 3 N–H and O–H groups in total. The number of likely N-dealkylation sites (tertiary alicyclic amines) is 1. The summed E-state index contributed by atoms with van der Waals surface area (Å²) in [6, 6.07) is 11.9. The minimum atomic E-state index is -0.963. The fourth-order valence-electron chi connectivity index (χ4n) is 5.88. The van der Waals surface area contributed by atoms with Gasteiger partial charge >= 0.3 is 6.09 Å². The normalized spacial score (nSPS) is 19.4. The highest BCUT2D eigenvalue weighted by atomic mass is 32.2. The third-order valence-electron chi connectivity index (χ3n) is 8.40. The molecule has 45 heavy (non-hydrogen) atoms.